The summed E-state index contributed by atoms with van der Waals surface area (Å²) in [7, 11) is 0. The van der Waals surface area contributed by atoms with Crippen molar-refractivity contribution < 1.29 is 19.4 Å². The largest absolute Gasteiger partial charge is 0.481 e. The minimum atomic E-state index is -0.897. The van der Waals surface area contributed by atoms with Crippen LogP contribution in [0.2, 0.25) is 0 Å². The van der Waals surface area contributed by atoms with Gasteiger partial charge in [0.2, 0.25) is 0 Å². The van der Waals surface area contributed by atoms with Crippen molar-refractivity contribution in [3.63, 3.8) is 0 Å². The molecule has 0 bridgehead atoms. The zero-order valence-corrected chi connectivity index (χ0v) is 14.8. The molecule has 5 nitrogen and oxygen atoms in total. The van der Waals surface area contributed by atoms with E-state index in [1.165, 1.54) is 11.8 Å². The maximum atomic E-state index is 12.8. The summed E-state index contributed by atoms with van der Waals surface area (Å²) in [6, 6.07) is 7.40. The van der Waals surface area contributed by atoms with Crippen LogP contribution in [-0.2, 0) is 9.53 Å². The van der Waals surface area contributed by atoms with E-state index in [0.29, 0.717) is 31.7 Å². The quantitative estimate of drug-likeness (QED) is 0.524. The molecule has 128 valence electrons. The number of benzene rings is 1. The summed E-state index contributed by atoms with van der Waals surface area (Å²) < 4.78 is 5.31. The van der Waals surface area contributed by atoms with Crippen molar-refractivity contribution in [1.29, 1.82) is 0 Å². The fourth-order valence-electron chi connectivity index (χ4n) is 2.18. The Balaban J connectivity index is 2.87. The number of carboxylic acids is 1. The molecular weight excluding hydrogens is 314 g/mol. The minimum Gasteiger partial charge on any atom is -0.481 e. The summed E-state index contributed by atoms with van der Waals surface area (Å²) in [5.41, 5.74) is 0.619. The molecule has 0 radical (unpaired) electrons. The molecule has 0 aliphatic rings. The number of hydrogen-bond donors (Lipinski definition) is 1. The monoisotopic (exact) mass is 339 g/mol. The summed E-state index contributed by atoms with van der Waals surface area (Å²) in [5.74, 6) is -1.63. The van der Waals surface area contributed by atoms with Crippen LogP contribution in [0.15, 0.2) is 29.2 Å². The number of carbonyl (C=O) groups excluding carboxylic acids is 1. The van der Waals surface area contributed by atoms with Crippen LogP contribution in [-0.4, -0.2) is 54.4 Å². The van der Waals surface area contributed by atoms with Gasteiger partial charge in [0.1, 0.15) is 0 Å². The maximum absolute atomic E-state index is 12.8. The lowest BCUT2D eigenvalue weighted by atomic mass is 10.1. The van der Waals surface area contributed by atoms with E-state index < -0.39 is 11.9 Å². The first-order valence-electron chi connectivity index (χ1n) is 7.74. The van der Waals surface area contributed by atoms with Crippen molar-refractivity contribution in [2.45, 2.75) is 25.2 Å². The molecule has 1 aromatic rings. The Kier molecular flexibility index (Phi) is 8.73. The van der Waals surface area contributed by atoms with Crippen LogP contribution < -0.4 is 0 Å². The molecule has 0 saturated carbocycles. The number of carboxylic acid groups (broad SMARTS) is 1. The van der Waals surface area contributed by atoms with Gasteiger partial charge in [-0.3, -0.25) is 9.59 Å². The summed E-state index contributed by atoms with van der Waals surface area (Å²) in [5, 5.41) is 9.13. The van der Waals surface area contributed by atoms with E-state index >= 15 is 0 Å². The zero-order chi connectivity index (χ0) is 17.2. The van der Waals surface area contributed by atoms with E-state index in [1.54, 1.807) is 17.9 Å². The number of ether oxygens (including phenoxy) is 1. The molecule has 1 N–H and O–H groups in total. The first-order valence-corrected chi connectivity index (χ1v) is 8.96. The van der Waals surface area contributed by atoms with E-state index in [1.807, 2.05) is 31.4 Å². The Bertz CT molecular complexity index is 521. The molecule has 0 aromatic heterocycles. The van der Waals surface area contributed by atoms with Gasteiger partial charge >= 0.3 is 5.97 Å². The lowest BCUT2D eigenvalue weighted by Gasteiger charge is -2.25. The standard InChI is InChI=1S/C17H25NO4S/c1-4-22-11-7-10-18(12-13(2)17(20)21)16(19)14-8-5-6-9-15(14)23-3/h5-6,8-9,13H,4,7,10-12H2,1-3H3,(H,20,21). The van der Waals surface area contributed by atoms with Crippen molar-refractivity contribution in [1.82, 2.24) is 4.90 Å². The SMILES string of the molecule is CCOCCCN(CC(C)C(=O)O)C(=O)c1ccccc1SC. The number of amides is 1. The molecule has 1 atom stereocenters. The number of thioether (sulfide) groups is 1. The van der Waals surface area contributed by atoms with Crippen LogP contribution in [0.1, 0.15) is 30.6 Å². The number of aliphatic carboxylic acids is 1. The molecule has 1 amide bonds. The minimum absolute atomic E-state index is 0.125. The van der Waals surface area contributed by atoms with Gasteiger partial charge in [0, 0.05) is 31.2 Å². The lowest BCUT2D eigenvalue weighted by Crippen LogP contribution is -2.38. The molecule has 6 heteroatoms. The Morgan fingerprint density at radius 1 is 1.35 bits per heavy atom. The van der Waals surface area contributed by atoms with Crippen LogP contribution in [0.3, 0.4) is 0 Å². The zero-order valence-electron chi connectivity index (χ0n) is 13.9. The highest BCUT2D eigenvalue weighted by molar-refractivity contribution is 7.98. The Labute approximate surface area is 142 Å². The normalized spacial score (nSPS) is 12.0. The lowest BCUT2D eigenvalue weighted by molar-refractivity contribution is -0.141. The molecule has 0 fully saturated rings. The third kappa shape index (κ3) is 6.23. The first-order chi connectivity index (χ1) is 11.0. The fraction of sp³-hybridized carbons (Fsp3) is 0.529. The van der Waals surface area contributed by atoms with E-state index in [9.17, 15) is 9.59 Å². The van der Waals surface area contributed by atoms with E-state index in [0.717, 1.165) is 4.90 Å². The Morgan fingerprint density at radius 2 is 2.04 bits per heavy atom. The highest BCUT2D eigenvalue weighted by Crippen LogP contribution is 2.22. The molecule has 0 aliphatic heterocycles. The van der Waals surface area contributed by atoms with Gasteiger partial charge in [-0.05, 0) is 31.7 Å². The van der Waals surface area contributed by atoms with Crippen LogP contribution in [0.4, 0.5) is 0 Å². The fourth-order valence-corrected chi connectivity index (χ4v) is 2.77. The third-order valence-electron chi connectivity index (χ3n) is 3.46. The van der Waals surface area contributed by atoms with Crippen LogP contribution >= 0.6 is 11.8 Å². The molecule has 0 aliphatic carbocycles. The summed E-state index contributed by atoms with van der Waals surface area (Å²) in [6.45, 7) is 5.42. The van der Waals surface area contributed by atoms with Gasteiger partial charge in [-0.1, -0.05) is 19.1 Å². The van der Waals surface area contributed by atoms with Crippen molar-refractivity contribution in [2.75, 3.05) is 32.6 Å². The van der Waals surface area contributed by atoms with Gasteiger partial charge in [-0.25, -0.2) is 0 Å². The average molecular weight is 339 g/mol. The molecular formula is C17H25NO4S. The van der Waals surface area contributed by atoms with E-state index in [4.69, 9.17) is 9.84 Å². The summed E-state index contributed by atoms with van der Waals surface area (Å²) >= 11 is 1.51. The van der Waals surface area contributed by atoms with Gasteiger partial charge in [0.05, 0.1) is 11.5 Å². The van der Waals surface area contributed by atoms with Crippen molar-refractivity contribution in [2.24, 2.45) is 5.92 Å². The van der Waals surface area contributed by atoms with E-state index in [2.05, 4.69) is 0 Å². The van der Waals surface area contributed by atoms with Crippen LogP contribution in [0, 0.1) is 5.92 Å². The second-order valence-corrected chi connectivity index (χ2v) is 6.09. The molecule has 0 spiro atoms. The van der Waals surface area contributed by atoms with Gasteiger partial charge in [-0.15, -0.1) is 11.8 Å². The molecule has 1 unspecified atom stereocenters. The number of carbonyl (C=O) groups is 2. The van der Waals surface area contributed by atoms with Crippen molar-refractivity contribution >= 4 is 23.6 Å². The number of hydrogen-bond acceptors (Lipinski definition) is 4. The maximum Gasteiger partial charge on any atom is 0.308 e. The second-order valence-electron chi connectivity index (χ2n) is 5.24. The predicted octanol–water partition coefficient (Wildman–Crippen LogP) is 3.00. The molecule has 0 saturated heterocycles. The summed E-state index contributed by atoms with van der Waals surface area (Å²) in [6.07, 6.45) is 2.61. The van der Waals surface area contributed by atoms with Crippen molar-refractivity contribution in [3.05, 3.63) is 29.8 Å². The van der Waals surface area contributed by atoms with E-state index in [-0.39, 0.29) is 12.5 Å². The van der Waals surface area contributed by atoms with Gasteiger partial charge in [-0.2, -0.15) is 0 Å². The number of nitrogens with zero attached hydrogens (tertiary/aromatic N) is 1. The Hall–Kier alpha value is -1.53. The smallest absolute Gasteiger partial charge is 0.308 e. The average Bonchev–Trinajstić information content (AvgIpc) is 2.56. The topological polar surface area (TPSA) is 66.8 Å². The van der Waals surface area contributed by atoms with Crippen LogP contribution in [0.5, 0.6) is 0 Å². The molecule has 0 heterocycles. The molecule has 1 aromatic carbocycles. The van der Waals surface area contributed by atoms with Gasteiger partial charge in [0.15, 0.2) is 0 Å². The summed E-state index contributed by atoms with van der Waals surface area (Å²) in [4.78, 5) is 26.5. The van der Waals surface area contributed by atoms with Crippen LogP contribution in [0.25, 0.3) is 0 Å². The highest BCUT2D eigenvalue weighted by atomic mass is 32.2. The first kappa shape index (κ1) is 19.5. The molecule has 1 rings (SSSR count). The highest BCUT2D eigenvalue weighted by Gasteiger charge is 2.22. The van der Waals surface area contributed by atoms with Gasteiger partial charge < -0.3 is 14.7 Å². The second kappa shape index (κ2) is 10.3. The van der Waals surface area contributed by atoms with Gasteiger partial charge in [0.25, 0.3) is 5.91 Å². The van der Waals surface area contributed by atoms with Crippen molar-refractivity contribution in [3.8, 4) is 0 Å². The number of rotatable bonds is 10. The Morgan fingerprint density at radius 3 is 2.65 bits per heavy atom. The predicted molar refractivity (Wildman–Crippen MR) is 92.0 cm³/mol. The molecule has 23 heavy (non-hydrogen) atoms. The third-order valence-corrected chi connectivity index (χ3v) is 4.26.